The van der Waals surface area contributed by atoms with Crippen LogP contribution in [0.3, 0.4) is 0 Å². The van der Waals surface area contributed by atoms with Crippen LogP contribution in [0.1, 0.15) is 0 Å². The lowest BCUT2D eigenvalue weighted by atomic mass is 10.4. The summed E-state index contributed by atoms with van der Waals surface area (Å²) in [6, 6.07) is 11.7. The van der Waals surface area contributed by atoms with E-state index in [4.69, 9.17) is 11.6 Å². The van der Waals surface area contributed by atoms with Gasteiger partial charge in [-0.2, -0.15) is 0 Å². The van der Waals surface area contributed by atoms with Crippen LogP contribution in [0.4, 0.5) is 0 Å². The van der Waals surface area contributed by atoms with Gasteiger partial charge in [0.25, 0.3) is 0 Å². The summed E-state index contributed by atoms with van der Waals surface area (Å²) in [7, 11) is 0. The van der Waals surface area contributed by atoms with Crippen LogP contribution in [-0.4, -0.2) is 4.98 Å². The van der Waals surface area contributed by atoms with Crippen molar-refractivity contribution >= 4 is 23.4 Å². The largest absolute Gasteiger partial charge is 0.264 e. The molecule has 70 valence electrons. The first-order chi connectivity index (χ1) is 6.84. The fourth-order valence-electron chi connectivity index (χ4n) is 1.05. The van der Waals surface area contributed by atoms with Crippen LogP contribution in [0.15, 0.2) is 58.6 Å². The minimum Gasteiger partial charge on any atom is -0.264 e. The summed E-state index contributed by atoms with van der Waals surface area (Å²) < 4.78 is 0. The average molecular weight is 222 g/mol. The molecule has 0 bridgehead atoms. The standard InChI is InChI=1S/C11H8ClNS/c12-9-3-5-10(6-4-9)14-11-2-1-7-13-8-11/h1-8H. The Balaban J connectivity index is 2.16. The Kier molecular flexibility index (Phi) is 3.07. The summed E-state index contributed by atoms with van der Waals surface area (Å²) in [5.74, 6) is 0. The Hall–Kier alpha value is -0.990. The predicted octanol–water partition coefficient (Wildman–Crippen LogP) is 3.89. The number of hydrogen-bond acceptors (Lipinski definition) is 2. The number of rotatable bonds is 2. The zero-order valence-electron chi connectivity index (χ0n) is 7.35. The predicted molar refractivity (Wildman–Crippen MR) is 59.8 cm³/mol. The number of halogens is 1. The van der Waals surface area contributed by atoms with Gasteiger partial charge in [-0.05, 0) is 36.4 Å². The number of pyridine rings is 1. The van der Waals surface area contributed by atoms with Crippen molar-refractivity contribution in [2.75, 3.05) is 0 Å². The highest BCUT2D eigenvalue weighted by atomic mass is 35.5. The molecule has 0 unspecified atom stereocenters. The summed E-state index contributed by atoms with van der Waals surface area (Å²) in [6.07, 6.45) is 3.62. The molecule has 0 saturated carbocycles. The molecular weight excluding hydrogens is 214 g/mol. The third-order valence-corrected chi connectivity index (χ3v) is 2.92. The SMILES string of the molecule is Clc1ccc(Sc2cccnc2)cc1. The molecule has 0 aliphatic heterocycles. The van der Waals surface area contributed by atoms with Crippen LogP contribution < -0.4 is 0 Å². The van der Waals surface area contributed by atoms with Gasteiger partial charge < -0.3 is 0 Å². The van der Waals surface area contributed by atoms with Gasteiger partial charge in [-0.3, -0.25) is 4.98 Å². The van der Waals surface area contributed by atoms with E-state index in [0.29, 0.717) is 0 Å². The quantitative estimate of drug-likeness (QED) is 0.763. The van der Waals surface area contributed by atoms with Crippen molar-refractivity contribution in [1.29, 1.82) is 0 Å². The molecule has 1 aromatic carbocycles. The molecule has 0 fully saturated rings. The molecule has 1 aromatic heterocycles. The molecule has 2 rings (SSSR count). The average Bonchev–Trinajstić information content (AvgIpc) is 2.23. The Morgan fingerprint density at radius 2 is 1.79 bits per heavy atom. The topological polar surface area (TPSA) is 12.9 Å². The highest BCUT2D eigenvalue weighted by Crippen LogP contribution is 2.27. The van der Waals surface area contributed by atoms with Gasteiger partial charge in [0.05, 0.1) is 0 Å². The van der Waals surface area contributed by atoms with Crippen molar-refractivity contribution in [2.24, 2.45) is 0 Å². The molecule has 0 aliphatic carbocycles. The van der Waals surface area contributed by atoms with E-state index in [-0.39, 0.29) is 0 Å². The summed E-state index contributed by atoms with van der Waals surface area (Å²) in [4.78, 5) is 6.35. The van der Waals surface area contributed by atoms with Gasteiger partial charge in [-0.25, -0.2) is 0 Å². The molecule has 1 nitrogen and oxygen atoms in total. The maximum Gasteiger partial charge on any atom is 0.0407 e. The molecule has 3 heteroatoms. The van der Waals surface area contributed by atoms with Crippen LogP contribution in [0, 0.1) is 0 Å². The normalized spacial score (nSPS) is 10.1. The molecule has 0 N–H and O–H groups in total. The molecular formula is C11H8ClNS. The Bertz CT molecular complexity index is 399. The summed E-state index contributed by atoms with van der Waals surface area (Å²) in [5, 5.41) is 0.764. The molecule has 0 saturated heterocycles. The van der Waals surface area contributed by atoms with Gasteiger partial charge in [0, 0.05) is 27.2 Å². The lowest BCUT2D eigenvalue weighted by Gasteiger charge is -2.00. The molecule has 0 aliphatic rings. The minimum atomic E-state index is 0.764. The molecule has 0 radical (unpaired) electrons. The van der Waals surface area contributed by atoms with Gasteiger partial charge in [-0.15, -0.1) is 0 Å². The third-order valence-electron chi connectivity index (χ3n) is 1.68. The summed E-state index contributed by atoms with van der Waals surface area (Å²) in [5.41, 5.74) is 0. The number of hydrogen-bond donors (Lipinski definition) is 0. The van der Waals surface area contributed by atoms with Gasteiger partial charge in [0.15, 0.2) is 0 Å². The lowest BCUT2D eigenvalue weighted by Crippen LogP contribution is -1.74. The zero-order valence-corrected chi connectivity index (χ0v) is 8.92. The van der Waals surface area contributed by atoms with Gasteiger partial charge in [0.1, 0.15) is 0 Å². The highest BCUT2D eigenvalue weighted by Gasteiger charge is 1.96. The second kappa shape index (κ2) is 4.49. The fraction of sp³-hybridized carbons (Fsp3) is 0. The number of aromatic nitrogens is 1. The number of nitrogens with zero attached hydrogens (tertiary/aromatic N) is 1. The maximum absolute atomic E-state index is 5.79. The highest BCUT2D eigenvalue weighted by molar-refractivity contribution is 7.99. The van der Waals surface area contributed by atoms with Crippen molar-refractivity contribution in [3.63, 3.8) is 0 Å². The minimum absolute atomic E-state index is 0.764. The molecule has 0 atom stereocenters. The van der Waals surface area contributed by atoms with Crippen LogP contribution >= 0.6 is 23.4 Å². The van der Waals surface area contributed by atoms with E-state index in [1.807, 2.05) is 42.6 Å². The Labute approximate surface area is 92.1 Å². The first kappa shape index (κ1) is 9.56. The molecule has 2 aromatic rings. The first-order valence-electron chi connectivity index (χ1n) is 4.18. The molecule has 0 spiro atoms. The third kappa shape index (κ3) is 2.50. The first-order valence-corrected chi connectivity index (χ1v) is 5.37. The molecule has 1 heterocycles. The van der Waals surface area contributed by atoms with E-state index in [9.17, 15) is 0 Å². The van der Waals surface area contributed by atoms with E-state index < -0.39 is 0 Å². The lowest BCUT2D eigenvalue weighted by molar-refractivity contribution is 1.23. The van der Waals surface area contributed by atoms with Crippen molar-refractivity contribution in [1.82, 2.24) is 4.98 Å². The van der Waals surface area contributed by atoms with E-state index in [0.717, 1.165) is 9.92 Å². The van der Waals surface area contributed by atoms with Crippen LogP contribution in [0.25, 0.3) is 0 Å². The van der Waals surface area contributed by atoms with Crippen LogP contribution in [0.5, 0.6) is 0 Å². The molecule has 14 heavy (non-hydrogen) atoms. The Morgan fingerprint density at radius 3 is 2.43 bits per heavy atom. The van der Waals surface area contributed by atoms with Crippen molar-refractivity contribution in [3.05, 3.63) is 53.8 Å². The number of benzene rings is 1. The van der Waals surface area contributed by atoms with Crippen molar-refractivity contribution in [3.8, 4) is 0 Å². The second-order valence-electron chi connectivity index (χ2n) is 2.74. The summed E-state index contributed by atoms with van der Waals surface area (Å²) in [6.45, 7) is 0. The smallest absolute Gasteiger partial charge is 0.0407 e. The van der Waals surface area contributed by atoms with Crippen molar-refractivity contribution < 1.29 is 0 Å². The Morgan fingerprint density at radius 1 is 1.00 bits per heavy atom. The zero-order chi connectivity index (χ0) is 9.80. The van der Waals surface area contributed by atoms with Crippen LogP contribution in [-0.2, 0) is 0 Å². The maximum atomic E-state index is 5.79. The second-order valence-corrected chi connectivity index (χ2v) is 4.33. The van der Waals surface area contributed by atoms with Crippen LogP contribution in [0.2, 0.25) is 5.02 Å². The van der Waals surface area contributed by atoms with Gasteiger partial charge >= 0.3 is 0 Å². The van der Waals surface area contributed by atoms with Gasteiger partial charge in [0.2, 0.25) is 0 Å². The molecule has 0 amide bonds. The van der Waals surface area contributed by atoms with E-state index in [1.54, 1.807) is 18.0 Å². The van der Waals surface area contributed by atoms with E-state index >= 15 is 0 Å². The van der Waals surface area contributed by atoms with Crippen molar-refractivity contribution in [2.45, 2.75) is 9.79 Å². The summed E-state index contributed by atoms with van der Waals surface area (Å²) >= 11 is 7.47. The van der Waals surface area contributed by atoms with E-state index in [2.05, 4.69) is 4.98 Å². The fourth-order valence-corrected chi connectivity index (χ4v) is 1.98. The monoisotopic (exact) mass is 221 g/mol. The van der Waals surface area contributed by atoms with E-state index in [1.165, 1.54) is 4.90 Å². The van der Waals surface area contributed by atoms with Gasteiger partial charge in [-0.1, -0.05) is 23.4 Å².